The van der Waals surface area contributed by atoms with Crippen molar-refractivity contribution in [3.05, 3.63) is 30.1 Å². The third-order valence-electron chi connectivity index (χ3n) is 4.62. The van der Waals surface area contributed by atoms with Crippen LogP contribution in [0.2, 0.25) is 0 Å². The average Bonchev–Trinajstić information content (AvgIpc) is 3.00. The van der Waals surface area contributed by atoms with Crippen LogP contribution in [-0.4, -0.2) is 42.8 Å². The minimum Gasteiger partial charge on any atom is -0.373 e. The Kier molecular flexibility index (Phi) is 9.71. The smallest absolute Gasteiger partial charge is 0.191 e. The summed E-state index contributed by atoms with van der Waals surface area (Å²) in [6.07, 6.45) is 6.00. The van der Waals surface area contributed by atoms with E-state index in [0.29, 0.717) is 18.4 Å². The number of ether oxygens (including phenoxy) is 1. The first-order valence-electron chi connectivity index (χ1n) is 9.10. The van der Waals surface area contributed by atoms with E-state index in [0.717, 1.165) is 38.5 Å². The van der Waals surface area contributed by atoms with Gasteiger partial charge in [0.2, 0.25) is 0 Å². The normalized spacial score (nSPS) is 21.7. The van der Waals surface area contributed by atoms with Crippen LogP contribution in [0.15, 0.2) is 29.5 Å². The summed E-state index contributed by atoms with van der Waals surface area (Å²) in [4.78, 5) is 9.00. The number of nitrogens with one attached hydrogen (secondary N) is 2. The third-order valence-corrected chi connectivity index (χ3v) is 4.62. The molecular formula is C19H33IN4O. The van der Waals surface area contributed by atoms with Gasteiger partial charge < -0.3 is 15.4 Å². The molecule has 25 heavy (non-hydrogen) atoms. The molecule has 0 aliphatic carbocycles. The highest BCUT2D eigenvalue weighted by Gasteiger charge is 2.29. The minimum absolute atomic E-state index is 0. The number of guanidine groups is 1. The zero-order chi connectivity index (χ0) is 17.4. The zero-order valence-corrected chi connectivity index (χ0v) is 18.2. The van der Waals surface area contributed by atoms with Crippen LogP contribution >= 0.6 is 24.0 Å². The van der Waals surface area contributed by atoms with Crippen molar-refractivity contribution in [3.8, 4) is 0 Å². The zero-order valence-electron chi connectivity index (χ0n) is 15.9. The van der Waals surface area contributed by atoms with Gasteiger partial charge in [0.25, 0.3) is 0 Å². The summed E-state index contributed by atoms with van der Waals surface area (Å²) >= 11 is 0. The van der Waals surface area contributed by atoms with Crippen LogP contribution in [0.1, 0.15) is 52.0 Å². The van der Waals surface area contributed by atoms with E-state index in [-0.39, 0.29) is 29.6 Å². The lowest BCUT2D eigenvalue weighted by Crippen LogP contribution is -2.41. The maximum Gasteiger partial charge on any atom is 0.191 e. The molecule has 2 N–H and O–H groups in total. The van der Waals surface area contributed by atoms with Gasteiger partial charge in [-0.3, -0.25) is 9.98 Å². The van der Waals surface area contributed by atoms with Crippen molar-refractivity contribution in [2.45, 2.75) is 52.1 Å². The van der Waals surface area contributed by atoms with E-state index in [2.05, 4.69) is 49.4 Å². The number of halogens is 1. The second kappa shape index (κ2) is 11.0. The Balaban J connectivity index is 0.00000312. The average molecular weight is 460 g/mol. The van der Waals surface area contributed by atoms with Crippen molar-refractivity contribution < 1.29 is 4.74 Å². The van der Waals surface area contributed by atoms with Crippen molar-refractivity contribution in [3.63, 3.8) is 0 Å². The van der Waals surface area contributed by atoms with E-state index < -0.39 is 0 Å². The molecule has 1 aliphatic rings. The van der Waals surface area contributed by atoms with Gasteiger partial charge in [-0.05, 0) is 44.2 Å². The lowest BCUT2D eigenvalue weighted by molar-refractivity contribution is 0.0283. The highest BCUT2D eigenvalue weighted by Crippen LogP contribution is 2.25. The molecule has 142 valence electrons. The molecule has 2 atom stereocenters. The molecule has 0 aromatic carbocycles. The summed E-state index contributed by atoms with van der Waals surface area (Å²) < 4.78 is 5.83. The molecule has 1 fully saturated rings. The monoisotopic (exact) mass is 460 g/mol. The molecule has 0 spiro atoms. The van der Waals surface area contributed by atoms with Gasteiger partial charge in [0.1, 0.15) is 0 Å². The van der Waals surface area contributed by atoms with E-state index in [1.54, 1.807) is 0 Å². The lowest BCUT2D eigenvalue weighted by Gasteiger charge is -2.24. The number of aliphatic imine (C=N–C) groups is 1. The molecular weight excluding hydrogens is 427 g/mol. The Labute approximate surface area is 169 Å². The topological polar surface area (TPSA) is 58.5 Å². The Morgan fingerprint density at radius 2 is 2.20 bits per heavy atom. The molecule has 5 nitrogen and oxygen atoms in total. The number of hydrogen-bond acceptors (Lipinski definition) is 3. The van der Waals surface area contributed by atoms with E-state index >= 15 is 0 Å². The van der Waals surface area contributed by atoms with E-state index in [4.69, 9.17) is 9.73 Å². The van der Waals surface area contributed by atoms with Gasteiger partial charge in [0.15, 0.2) is 5.96 Å². The van der Waals surface area contributed by atoms with Gasteiger partial charge >= 0.3 is 0 Å². The Morgan fingerprint density at radius 3 is 2.76 bits per heavy atom. The number of aromatic nitrogens is 1. The maximum absolute atomic E-state index is 5.83. The minimum atomic E-state index is -0.108. The van der Waals surface area contributed by atoms with Crippen LogP contribution in [0, 0.1) is 5.92 Å². The fourth-order valence-corrected chi connectivity index (χ4v) is 3.09. The molecule has 1 aromatic heterocycles. The first kappa shape index (κ1) is 22.2. The third kappa shape index (κ3) is 7.09. The van der Waals surface area contributed by atoms with Gasteiger partial charge in [-0.25, -0.2) is 0 Å². The van der Waals surface area contributed by atoms with Crippen LogP contribution in [0.25, 0.3) is 0 Å². The highest BCUT2D eigenvalue weighted by molar-refractivity contribution is 14.0. The van der Waals surface area contributed by atoms with E-state index in [9.17, 15) is 0 Å². The molecule has 1 aliphatic heterocycles. The second-order valence-corrected chi connectivity index (χ2v) is 7.11. The van der Waals surface area contributed by atoms with E-state index in [1.165, 1.54) is 5.56 Å². The fourth-order valence-electron chi connectivity index (χ4n) is 3.09. The quantitative estimate of drug-likeness (QED) is 0.371. The van der Waals surface area contributed by atoms with Crippen LogP contribution in [-0.2, 0) is 4.74 Å². The maximum atomic E-state index is 5.83. The Hall–Kier alpha value is -0.890. The van der Waals surface area contributed by atoms with Gasteiger partial charge in [-0.2, -0.15) is 0 Å². The Bertz CT molecular complexity index is 515. The van der Waals surface area contributed by atoms with Gasteiger partial charge in [-0.15, -0.1) is 24.0 Å². The fraction of sp³-hybridized carbons (Fsp3) is 0.684. The first-order valence-corrected chi connectivity index (χ1v) is 9.10. The molecule has 0 amide bonds. The van der Waals surface area contributed by atoms with Crippen molar-refractivity contribution in [1.29, 1.82) is 0 Å². The van der Waals surface area contributed by atoms with Gasteiger partial charge in [0.05, 0.1) is 12.1 Å². The van der Waals surface area contributed by atoms with Crippen molar-refractivity contribution in [1.82, 2.24) is 15.6 Å². The predicted octanol–water partition coefficient (Wildman–Crippen LogP) is 3.56. The number of pyridine rings is 1. The van der Waals surface area contributed by atoms with Crippen molar-refractivity contribution >= 4 is 29.9 Å². The molecule has 6 heteroatoms. The van der Waals surface area contributed by atoms with Crippen LogP contribution in [0.4, 0.5) is 0 Å². The first-order chi connectivity index (χ1) is 11.5. The highest BCUT2D eigenvalue weighted by atomic mass is 127. The lowest BCUT2D eigenvalue weighted by atomic mass is 9.89. The van der Waals surface area contributed by atoms with Crippen LogP contribution < -0.4 is 10.6 Å². The molecule has 2 heterocycles. The molecule has 0 radical (unpaired) electrons. The summed E-state index contributed by atoms with van der Waals surface area (Å²) in [6.45, 7) is 12.0. The van der Waals surface area contributed by atoms with Crippen LogP contribution in [0.3, 0.4) is 0 Å². The number of rotatable bonds is 7. The number of hydrogen-bond donors (Lipinski definition) is 2. The summed E-state index contributed by atoms with van der Waals surface area (Å²) in [5.74, 6) is 1.80. The molecule has 2 rings (SSSR count). The van der Waals surface area contributed by atoms with Gasteiger partial charge in [-0.1, -0.05) is 19.9 Å². The summed E-state index contributed by atoms with van der Waals surface area (Å²) in [6, 6.07) is 4.15. The van der Waals surface area contributed by atoms with Gasteiger partial charge in [0, 0.05) is 38.0 Å². The number of nitrogens with zero attached hydrogens (tertiary/aromatic N) is 2. The molecule has 0 bridgehead atoms. The Morgan fingerprint density at radius 1 is 1.40 bits per heavy atom. The van der Waals surface area contributed by atoms with E-state index in [1.807, 2.05) is 18.5 Å². The standard InChI is InChI=1S/C19H32N4O.HI/c1-5-21-18(23-14-19(4)9-7-11-24-19)22-13-17(15(2)3)16-8-6-10-20-12-16;/h6,8,10,12,15,17H,5,7,9,11,13-14H2,1-4H3,(H2,21,22,23);1H. The van der Waals surface area contributed by atoms with Crippen LogP contribution in [0.5, 0.6) is 0 Å². The second-order valence-electron chi connectivity index (χ2n) is 7.11. The van der Waals surface area contributed by atoms with Crippen molar-refractivity contribution in [2.75, 3.05) is 26.2 Å². The molecule has 1 saturated heterocycles. The summed E-state index contributed by atoms with van der Waals surface area (Å²) in [5.41, 5.74) is 1.16. The predicted molar refractivity (Wildman–Crippen MR) is 115 cm³/mol. The molecule has 2 unspecified atom stereocenters. The largest absolute Gasteiger partial charge is 0.373 e. The van der Waals surface area contributed by atoms with Crippen molar-refractivity contribution in [2.24, 2.45) is 10.9 Å². The molecule has 0 saturated carbocycles. The summed E-state index contributed by atoms with van der Waals surface area (Å²) in [7, 11) is 0. The SMILES string of the molecule is CCNC(=NCC1(C)CCCO1)NCC(c1cccnc1)C(C)C.I. The molecule has 1 aromatic rings. The summed E-state index contributed by atoms with van der Waals surface area (Å²) in [5, 5.41) is 6.83.